The molecule has 1 aromatic heterocycles. The lowest BCUT2D eigenvalue weighted by Crippen LogP contribution is -2.39. The van der Waals surface area contributed by atoms with E-state index in [4.69, 9.17) is 0 Å². The molecule has 6 nitrogen and oxygen atoms in total. The van der Waals surface area contributed by atoms with Crippen LogP contribution in [0.5, 0.6) is 0 Å². The van der Waals surface area contributed by atoms with Crippen LogP contribution in [0.2, 0.25) is 0 Å². The van der Waals surface area contributed by atoms with Gasteiger partial charge in [-0.25, -0.2) is 4.98 Å². The molecule has 6 heteroatoms. The fraction of sp³-hybridized carbons (Fsp3) is 0.588. The molecular formula is C17H29N5O. The SMILES string of the molecule is CCCCN(C)C(=NCCC(=O)Nc1cccc(C)n1)NCC. The number of nitrogens with zero attached hydrogens (tertiary/aromatic N) is 3. The molecule has 0 radical (unpaired) electrons. The Hall–Kier alpha value is -2.11. The highest BCUT2D eigenvalue weighted by Crippen LogP contribution is 2.04. The predicted molar refractivity (Wildman–Crippen MR) is 95.7 cm³/mol. The standard InChI is InChI=1S/C17H29N5O/c1-5-7-13-22(4)17(18-6-2)19-12-11-16(23)21-15-10-8-9-14(3)20-15/h8-10H,5-7,11-13H2,1-4H3,(H,18,19)(H,20,21,23). The zero-order valence-corrected chi connectivity index (χ0v) is 14.7. The summed E-state index contributed by atoms with van der Waals surface area (Å²) in [5.74, 6) is 1.37. The molecule has 1 amide bonds. The first kappa shape index (κ1) is 18.9. The second kappa shape index (κ2) is 10.6. The van der Waals surface area contributed by atoms with Gasteiger partial charge in [0.05, 0.1) is 6.54 Å². The number of pyridine rings is 1. The van der Waals surface area contributed by atoms with Crippen LogP contribution < -0.4 is 10.6 Å². The number of aromatic nitrogens is 1. The van der Waals surface area contributed by atoms with E-state index < -0.39 is 0 Å². The molecule has 0 aliphatic rings. The van der Waals surface area contributed by atoms with E-state index in [-0.39, 0.29) is 5.91 Å². The van der Waals surface area contributed by atoms with Crippen LogP contribution in [0.25, 0.3) is 0 Å². The van der Waals surface area contributed by atoms with Crippen LogP contribution in [0, 0.1) is 6.92 Å². The molecule has 0 fully saturated rings. The van der Waals surface area contributed by atoms with E-state index in [1.807, 2.05) is 33.0 Å². The number of hydrogen-bond acceptors (Lipinski definition) is 3. The average molecular weight is 319 g/mol. The van der Waals surface area contributed by atoms with Gasteiger partial charge in [0, 0.05) is 32.3 Å². The maximum Gasteiger partial charge on any atom is 0.227 e. The highest BCUT2D eigenvalue weighted by molar-refractivity contribution is 5.90. The number of nitrogens with one attached hydrogen (secondary N) is 2. The van der Waals surface area contributed by atoms with Crippen molar-refractivity contribution in [3.8, 4) is 0 Å². The molecule has 0 bridgehead atoms. The number of aliphatic imine (C=N–C) groups is 1. The smallest absolute Gasteiger partial charge is 0.227 e. The molecule has 0 saturated heterocycles. The summed E-state index contributed by atoms with van der Waals surface area (Å²) in [6, 6.07) is 5.56. The molecule has 0 aliphatic heterocycles. The third kappa shape index (κ3) is 7.63. The van der Waals surface area contributed by atoms with E-state index in [0.717, 1.165) is 37.6 Å². The first-order valence-electron chi connectivity index (χ1n) is 8.29. The Morgan fingerprint density at radius 3 is 2.78 bits per heavy atom. The lowest BCUT2D eigenvalue weighted by molar-refractivity contribution is -0.116. The Bertz CT molecular complexity index is 515. The predicted octanol–water partition coefficient (Wildman–Crippen LogP) is 2.42. The third-order valence-electron chi connectivity index (χ3n) is 3.30. The molecule has 0 aromatic carbocycles. The Labute approximate surface area is 139 Å². The summed E-state index contributed by atoms with van der Waals surface area (Å²) in [4.78, 5) is 22.8. The summed E-state index contributed by atoms with van der Waals surface area (Å²) in [6.45, 7) is 8.34. The quantitative estimate of drug-likeness (QED) is 0.570. The molecule has 0 saturated carbocycles. The molecule has 128 valence electrons. The maximum atomic E-state index is 12.0. The first-order chi connectivity index (χ1) is 11.1. The van der Waals surface area contributed by atoms with Crippen molar-refractivity contribution in [3.05, 3.63) is 23.9 Å². The number of carbonyl (C=O) groups excluding carboxylic acids is 1. The van der Waals surface area contributed by atoms with Gasteiger partial charge < -0.3 is 15.5 Å². The normalized spacial score (nSPS) is 11.2. The number of anilines is 1. The van der Waals surface area contributed by atoms with Crippen molar-refractivity contribution < 1.29 is 4.79 Å². The van der Waals surface area contributed by atoms with E-state index in [9.17, 15) is 4.79 Å². The van der Waals surface area contributed by atoms with Crippen molar-refractivity contribution in [1.82, 2.24) is 15.2 Å². The summed E-state index contributed by atoms with van der Waals surface area (Å²) in [6.07, 6.45) is 2.61. The highest BCUT2D eigenvalue weighted by Gasteiger charge is 2.06. The molecule has 1 aromatic rings. The lowest BCUT2D eigenvalue weighted by Gasteiger charge is -2.21. The molecule has 2 N–H and O–H groups in total. The van der Waals surface area contributed by atoms with Gasteiger partial charge in [0.2, 0.25) is 5.91 Å². The summed E-state index contributed by atoms with van der Waals surface area (Å²) < 4.78 is 0. The fourth-order valence-corrected chi connectivity index (χ4v) is 2.05. The van der Waals surface area contributed by atoms with Gasteiger partial charge >= 0.3 is 0 Å². The number of aryl methyl sites for hydroxylation is 1. The van der Waals surface area contributed by atoms with Crippen LogP contribution in [-0.2, 0) is 4.79 Å². The Kier molecular flexibility index (Phi) is 8.72. The maximum absolute atomic E-state index is 12.0. The van der Waals surface area contributed by atoms with Crippen LogP contribution in [0.15, 0.2) is 23.2 Å². The van der Waals surface area contributed by atoms with Crippen molar-refractivity contribution in [3.63, 3.8) is 0 Å². The van der Waals surface area contributed by atoms with Crippen LogP contribution in [0.1, 0.15) is 38.8 Å². The molecule has 23 heavy (non-hydrogen) atoms. The molecule has 0 unspecified atom stereocenters. The molecule has 0 atom stereocenters. The monoisotopic (exact) mass is 319 g/mol. The van der Waals surface area contributed by atoms with Crippen molar-refractivity contribution in [2.45, 2.75) is 40.0 Å². The van der Waals surface area contributed by atoms with E-state index in [1.54, 1.807) is 6.07 Å². The molecule has 0 spiro atoms. The second-order valence-electron chi connectivity index (χ2n) is 5.47. The van der Waals surface area contributed by atoms with Gasteiger partial charge in [0.25, 0.3) is 0 Å². The Balaban J connectivity index is 2.48. The number of carbonyl (C=O) groups is 1. The van der Waals surface area contributed by atoms with Gasteiger partial charge in [-0.2, -0.15) is 0 Å². The third-order valence-corrected chi connectivity index (χ3v) is 3.30. The van der Waals surface area contributed by atoms with Crippen LogP contribution in [0.3, 0.4) is 0 Å². The van der Waals surface area contributed by atoms with E-state index in [0.29, 0.717) is 18.8 Å². The van der Waals surface area contributed by atoms with E-state index in [1.165, 1.54) is 0 Å². The number of guanidine groups is 1. The second-order valence-corrected chi connectivity index (χ2v) is 5.47. The summed E-state index contributed by atoms with van der Waals surface area (Å²) >= 11 is 0. The van der Waals surface area contributed by atoms with E-state index >= 15 is 0 Å². The lowest BCUT2D eigenvalue weighted by atomic mass is 10.3. The minimum atomic E-state index is -0.0705. The highest BCUT2D eigenvalue weighted by atomic mass is 16.1. The van der Waals surface area contributed by atoms with Gasteiger partial charge in [0.15, 0.2) is 5.96 Å². The van der Waals surface area contributed by atoms with Crippen molar-refractivity contribution in [2.75, 3.05) is 32.0 Å². The largest absolute Gasteiger partial charge is 0.357 e. The van der Waals surface area contributed by atoms with Crippen molar-refractivity contribution in [2.24, 2.45) is 4.99 Å². The van der Waals surface area contributed by atoms with Gasteiger partial charge in [-0.05, 0) is 32.4 Å². The van der Waals surface area contributed by atoms with Crippen LogP contribution in [-0.4, -0.2) is 48.4 Å². The van der Waals surface area contributed by atoms with Gasteiger partial charge in [0.1, 0.15) is 5.82 Å². The van der Waals surface area contributed by atoms with Crippen LogP contribution >= 0.6 is 0 Å². The summed E-state index contributed by atoms with van der Waals surface area (Å²) in [7, 11) is 2.02. The zero-order valence-electron chi connectivity index (χ0n) is 14.7. The van der Waals surface area contributed by atoms with Gasteiger partial charge in [-0.15, -0.1) is 0 Å². The minimum absolute atomic E-state index is 0.0705. The number of amides is 1. The van der Waals surface area contributed by atoms with E-state index in [2.05, 4.69) is 32.4 Å². The molecule has 0 aliphatic carbocycles. The number of unbranched alkanes of at least 4 members (excludes halogenated alkanes) is 1. The zero-order chi connectivity index (χ0) is 17.1. The Morgan fingerprint density at radius 2 is 2.13 bits per heavy atom. The minimum Gasteiger partial charge on any atom is -0.357 e. The topological polar surface area (TPSA) is 69.6 Å². The number of rotatable bonds is 8. The molecule has 1 heterocycles. The summed E-state index contributed by atoms with van der Waals surface area (Å²) in [5, 5.41) is 6.05. The molecule has 1 rings (SSSR count). The number of hydrogen-bond donors (Lipinski definition) is 2. The Morgan fingerprint density at radius 1 is 1.35 bits per heavy atom. The van der Waals surface area contributed by atoms with Gasteiger partial charge in [-0.3, -0.25) is 9.79 Å². The van der Waals surface area contributed by atoms with Crippen molar-refractivity contribution in [1.29, 1.82) is 0 Å². The molecular weight excluding hydrogens is 290 g/mol. The van der Waals surface area contributed by atoms with Crippen molar-refractivity contribution >= 4 is 17.7 Å². The van der Waals surface area contributed by atoms with Crippen LogP contribution in [0.4, 0.5) is 5.82 Å². The average Bonchev–Trinajstić information content (AvgIpc) is 2.51. The van der Waals surface area contributed by atoms with Gasteiger partial charge in [-0.1, -0.05) is 19.4 Å². The fourth-order valence-electron chi connectivity index (χ4n) is 2.05. The summed E-state index contributed by atoms with van der Waals surface area (Å²) in [5.41, 5.74) is 0.882. The first-order valence-corrected chi connectivity index (χ1v) is 8.29.